The number of nitriles is 1. The minimum Gasteiger partial charge on any atom is -0.453 e. The maximum atomic E-state index is 12.2. The summed E-state index contributed by atoms with van der Waals surface area (Å²) in [7, 11) is 1.40. The summed E-state index contributed by atoms with van der Waals surface area (Å²) in [6, 6.07) is 2.19. The minimum atomic E-state index is -0.282. The molecule has 3 aliphatic rings. The monoisotopic (exact) mass is 318 g/mol. The number of hydrogen-bond donors (Lipinski definition) is 1. The second kappa shape index (κ2) is 6.59. The topological polar surface area (TPSA) is 85.7 Å². The average molecular weight is 318 g/mol. The van der Waals surface area contributed by atoms with E-state index in [0.717, 1.165) is 25.7 Å². The van der Waals surface area contributed by atoms with Crippen molar-refractivity contribution in [2.75, 3.05) is 33.3 Å². The number of methoxy groups -OCH3 is 1. The van der Waals surface area contributed by atoms with Crippen molar-refractivity contribution in [1.29, 1.82) is 5.26 Å². The third-order valence-corrected chi connectivity index (χ3v) is 4.95. The Morgan fingerprint density at radius 2 is 2.04 bits per heavy atom. The molecule has 0 bridgehead atoms. The lowest BCUT2D eigenvalue weighted by Crippen LogP contribution is -2.43. The van der Waals surface area contributed by atoms with Gasteiger partial charge in [0, 0.05) is 25.7 Å². The Hall–Kier alpha value is -2.07. The van der Waals surface area contributed by atoms with Crippen molar-refractivity contribution in [3.05, 3.63) is 11.1 Å². The molecule has 3 rings (SSSR count). The van der Waals surface area contributed by atoms with Crippen LogP contribution >= 0.6 is 0 Å². The smallest absolute Gasteiger partial charge is 0.410 e. The first-order chi connectivity index (χ1) is 11.1. The van der Waals surface area contributed by atoms with E-state index < -0.39 is 0 Å². The van der Waals surface area contributed by atoms with E-state index in [1.54, 1.807) is 9.80 Å². The van der Waals surface area contributed by atoms with Gasteiger partial charge >= 0.3 is 6.09 Å². The van der Waals surface area contributed by atoms with E-state index in [1.165, 1.54) is 18.3 Å². The van der Waals surface area contributed by atoms with Crippen LogP contribution in [-0.2, 0) is 9.53 Å². The molecule has 0 radical (unpaired) electrons. The second-order valence-corrected chi connectivity index (χ2v) is 6.39. The van der Waals surface area contributed by atoms with E-state index >= 15 is 0 Å². The Morgan fingerprint density at radius 3 is 2.65 bits per heavy atom. The summed E-state index contributed by atoms with van der Waals surface area (Å²) >= 11 is 0. The van der Waals surface area contributed by atoms with Crippen LogP contribution in [0.2, 0.25) is 0 Å². The van der Waals surface area contributed by atoms with E-state index in [2.05, 4.69) is 11.4 Å². The third-order valence-electron chi connectivity index (χ3n) is 4.95. The lowest BCUT2D eigenvalue weighted by molar-refractivity contribution is -0.130. The molecule has 1 aliphatic carbocycles. The first-order valence-corrected chi connectivity index (χ1v) is 8.07. The van der Waals surface area contributed by atoms with Crippen LogP contribution in [0.4, 0.5) is 4.79 Å². The van der Waals surface area contributed by atoms with Crippen molar-refractivity contribution in [3.63, 3.8) is 0 Å². The quantitative estimate of drug-likeness (QED) is 0.772. The zero-order valence-corrected chi connectivity index (χ0v) is 13.4. The summed E-state index contributed by atoms with van der Waals surface area (Å²) in [5.74, 6) is 0.0114. The molecule has 0 aromatic rings. The Balaban J connectivity index is 1.44. The van der Waals surface area contributed by atoms with Crippen LogP contribution in [0, 0.1) is 11.3 Å². The Bertz CT molecular complexity index is 562. The summed E-state index contributed by atoms with van der Waals surface area (Å²) in [5, 5.41) is 12.4. The highest BCUT2D eigenvalue weighted by atomic mass is 16.5. The van der Waals surface area contributed by atoms with Gasteiger partial charge in [-0.25, -0.2) is 4.79 Å². The molecule has 1 saturated heterocycles. The maximum Gasteiger partial charge on any atom is 0.410 e. The molecule has 124 valence electrons. The van der Waals surface area contributed by atoms with Gasteiger partial charge in [-0.15, -0.1) is 0 Å². The number of carbonyl (C=O) groups excluding carboxylic acids is 2. The maximum absolute atomic E-state index is 12.2. The third kappa shape index (κ3) is 3.17. The van der Waals surface area contributed by atoms with Crippen molar-refractivity contribution in [2.24, 2.45) is 0 Å². The van der Waals surface area contributed by atoms with E-state index in [1.807, 2.05) is 0 Å². The van der Waals surface area contributed by atoms with Crippen LogP contribution < -0.4 is 5.32 Å². The van der Waals surface area contributed by atoms with Gasteiger partial charge < -0.3 is 19.9 Å². The highest BCUT2D eigenvalue weighted by molar-refractivity contribution is 5.79. The van der Waals surface area contributed by atoms with Gasteiger partial charge in [0.2, 0.25) is 5.91 Å². The van der Waals surface area contributed by atoms with E-state index in [0.29, 0.717) is 19.6 Å². The number of hydrogen-bond acceptors (Lipinski definition) is 5. The van der Waals surface area contributed by atoms with Crippen molar-refractivity contribution in [3.8, 4) is 6.07 Å². The lowest BCUT2D eigenvalue weighted by atomic mass is 10.1. The molecule has 0 spiro atoms. The molecule has 1 N–H and O–H groups in total. The van der Waals surface area contributed by atoms with Gasteiger partial charge in [0.15, 0.2) is 0 Å². The van der Waals surface area contributed by atoms with E-state index in [4.69, 9.17) is 10.00 Å². The highest BCUT2D eigenvalue weighted by Gasteiger charge is 2.34. The molecular formula is C16H22N4O3. The molecule has 2 heterocycles. The van der Waals surface area contributed by atoms with Gasteiger partial charge in [-0.05, 0) is 36.8 Å². The fourth-order valence-electron chi connectivity index (χ4n) is 3.76. The zero-order valence-electron chi connectivity index (χ0n) is 13.4. The zero-order chi connectivity index (χ0) is 16.4. The lowest BCUT2D eigenvalue weighted by Gasteiger charge is -2.22. The largest absolute Gasteiger partial charge is 0.453 e. The molecule has 1 fully saturated rings. The van der Waals surface area contributed by atoms with Gasteiger partial charge in [0.05, 0.1) is 19.7 Å². The molecule has 0 saturated carbocycles. The normalized spacial score (nSPS) is 24.1. The van der Waals surface area contributed by atoms with Crippen LogP contribution in [0.25, 0.3) is 0 Å². The SMILES string of the molecule is COC(=O)N1CC2=C(CC(NCC(=O)N3CCCC3C#N)C2)C1. The summed E-state index contributed by atoms with van der Waals surface area (Å²) in [6.07, 6.45) is 3.16. The fraction of sp³-hybridized carbons (Fsp3) is 0.688. The Morgan fingerprint density at radius 1 is 1.35 bits per heavy atom. The number of ether oxygens (including phenoxy) is 1. The van der Waals surface area contributed by atoms with Crippen molar-refractivity contribution in [2.45, 2.75) is 37.8 Å². The number of rotatable bonds is 3. The predicted octanol–water partition coefficient (Wildman–Crippen LogP) is 0.632. The molecule has 7 heteroatoms. The molecule has 23 heavy (non-hydrogen) atoms. The standard InChI is InChI=1S/C16H22N4O3/c1-23-16(22)19-9-11-5-13(6-12(11)10-19)18-8-15(21)20-4-2-3-14(20)7-17/h13-14,18H,2-6,8-10H2,1H3. The molecule has 1 atom stereocenters. The van der Waals surface area contributed by atoms with Gasteiger partial charge in [-0.3, -0.25) is 4.79 Å². The van der Waals surface area contributed by atoms with Crippen LogP contribution in [0.1, 0.15) is 25.7 Å². The number of likely N-dealkylation sites (tertiary alicyclic amines) is 2. The summed E-state index contributed by atoms with van der Waals surface area (Å²) < 4.78 is 4.75. The first kappa shape index (κ1) is 15.8. The highest BCUT2D eigenvalue weighted by Crippen LogP contribution is 2.33. The number of nitrogens with one attached hydrogen (secondary N) is 1. The minimum absolute atomic E-state index is 0.0114. The summed E-state index contributed by atoms with van der Waals surface area (Å²) in [6.45, 7) is 2.24. The fourth-order valence-corrected chi connectivity index (χ4v) is 3.76. The van der Waals surface area contributed by atoms with Gasteiger partial charge in [0.25, 0.3) is 0 Å². The Kier molecular flexibility index (Phi) is 4.53. The molecule has 0 aromatic heterocycles. The molecule has 0 aromatic carbocycles. The van der Waals surface area contributed by atoms with Crippen molar-refractivity contribution >= 4 is 12.0 Å². The van der Waals surface area contributed by atoms with Crippen LogP contribution in [-0.4, -0.2) is 67.2 Å². The van der Waals surface area contributed by atoms with Gasteiger partial charge in [-0.1, -0.05) is 0 Å². The van der Waals surface area contributed by atoms with Gasteiger partial charge in [-0.2, -0.15) is 5.26 Å². The first-order valence-electron chi connectivity index (χ1n) is 8.07. The molecule has 2 amide bonds. The van der Waals surface area contributed by atoms with Crippen molar-refractivity contribution in [1.82, 2.24) is 15.1 Å². The Labute approximate surface area is 135 Å². The molecule has 7 nitrogen and oxygen atoms in total. The van der Waals surface area contributed by atoms with E-state index in [-0.39, 0.29) is 30.6 Å². The number of amides is 2. The average Bonchev–Trinajstić information content (AvgIpc) is 3.24. The number of nitrogens with zero attached hydrogens (tertiary/aromatic N) is 3. The molecule has 1 unspecified atom stereocenters. The molecular weight excluding hydrogens is 296 g/mol. The summed E-state index contributed by atoms with van der Waals surface area (Å²) in [5.41, 5.74) is 2.58. The van der Waals surface area contributed by atoms with Crippen LogP contribution in [0.15, 0.2) is 11.1 Å². The van der Waals surface area contributed by atoms with Gasteiger partial charge in [0.1, 0.15) is 6.04 Å². The van der Waals surface area contributed by atoms with Crippen LogP contribution in [0.5, 0.6) is 0 Å². The van der Waals surface area contributed by atoms with Crippen LogP contribution in [0.3, 0.4) is 0 Å². The van der Waals surface area contributed by atoms with Crippen molar-refractivity contribution < 1.29 is 14.3 Å². The number of carbonyl (C=O) groups is 2. The predicted molar refractivity (Wildman–Crippen MR) is 82.4 cm³/mol. The van der Waals surface area contributed by atoms with E-state index in [9.17, 15) is 9.59 Å². The summed E-state index contributed by atoms with van der Waals surface area (Å²) in [4.78, 5) is 27.1. The second-order valence-electron chi connectivity index (χ2n) is 6.39. The molecule has 2 aliphatic heterocycles.